The van der Waals surface area contributed by atoms with Crippen molar-refractivity contribution < 1.29 is 33.3 Å². The molecule has 110 valence electrons. The van der Waals surface area contributed by atoms with E-state index in [1.54, 1.807) is 0 Å². The molecule has 0 aliphatic rings. The van der Waals surface area contributed by atoms with Crippen molar-refractivity contribution in [2.45, 2.75) is 12.8 Å². The Labute approximate surface area is 113 Å². The minimum absolute atomic E-state index is 0.0360. The van der Waals surface area contributed by atoms with Gasteiger partial charge in [0.05, 0.1) is 24.3 Å². The molecule has 1 amide bonds. The Balaban J connectivity index is 2.48. The summed E-state index contributed by atoms with van der Waals surface area (Å²) in [7, 11) is 0. The van der Waals surface area contributed by atoms with Crippen LogP contribution >= 0.6 is 0 Å². The highest BCUT2D eigenvalue weighted by Gasteiger charge is 2.10. The van der Waals surface area contributed by atoms with E-state index in [1.165, 1.54) is 12.1 Å². The number of phenols is 1. The lowest BCUT2D eigenvalue weighted by molar-refractivity contribution is -0.117. The highest BCUT2D eigenvalue weighted by Crippen LogP contribution is 2.24. The van der Waals surface area contributed by atoms with Crippen molar-refractivity contribution in [2.24, 2.45) is 0 Å². The first-order valence-electron chi connectivity index (χ1n) is 5.62. The number of anilines is 1. The fraction of sp³-hybridized carbons (Fsp3) is 0.333. The average Bonchev–Trinajstić information content (AvgIpc) is 2.36. The third-order valence-corrected chi connectivity index (χ3v) is 2.24. The second-order valence-corrected chi connectivity index (χ2v) is 3.80. The number of halogens is 2. The molecule has 0 saturated carbocycles. The van der Waals surface area contributed by atoms with Gasteiger partial charge in [-0.25, -0.2) is 13.6 Å². The first kappa shape index (κ1) is 15.8. The molecule has 0 bridgehead atoms. The van der Waals surface area contributed by atoms with E-state index in [1.807, 2.05) is 0 Å². The van der Waals surface area contributed by atoms with Crippen LogP contribution in [0.1, 0.15) is 16.8 Å². The first-order valence-corrected chi connectivity index (χ1v) is 5.62. The van der Waals surface area contributed by atoms with Gasteiger partial charge in [-0.2, -0.15) is 0 Å². The third kappa shape index (κ3) is 5.19. The summed E-state index contributed by atoms with van der Waals surface area (Å²) >= 11 is 0. The average molecular weight is 289 g/mol. The minimum Gasteiger partial charge on any atom is -0.506 e. The Bertz CT molecular complexity index is 493. The number of carboxylic acids is 1. The second-order valence-electron chi connectivity index (χ2n) is 3.80. The molecule has 1 aromatic carbocycles. The maximum atomic E-state index is 11.8. The number of phenolic OH excluding ortho intramolecular Hbond substituents is 1. The number of rotatable bonds is 7. The molecule has 6 nitrogen and oxygen atoms in total. The lowest BCUT2D eigenvalue weighted by Gasteiger charge is -2.08. The molecule has 0 spiro atoms. The molecule has 0 aliphatic heterocycles. The van der Waals surface area contributed by atoms with Crippen LogP contribution in [0.5, 0.6) is 5.75 Å². The summed E-state index contributed by atoms with van der Waals surface area (Å²) in [4.78, 5) is 22.1. The van der Waals surface area contributed by atoms with Crippen LogP contribution in [0.25, 0.3) is 0 Å². The third-order valence-electron chi connectivity index (χ3n) is 2.24. The van der Waals surface area contributed by atoms with E-state index in [4.69, 9.17) is 5.11 Å². The van der Waals surface area contributed by atoms with Crippen LogP contribution in [-0.2, 0) is 9.53 Å². The number of aromatic carboxylic acids is 1. The maximum Gasteiger partial charge on any atom is 0.335 e. The number of nitrogens with one attached hydrogen (secondary N) is 1. The molecular weight excluding hydrogens is 276 g/mol. The van der Waals surface area contributed by atoms with Gasteiger partial charge in [0, 0.05) is 0 Å². The molecule has 3 N–H and O–H groups in total. The minimum atomic E-state index is -2.59. The standard InChI is InChI=1S/C12H13F2NO5/c13-10(14)6-20-4-3-11(17)15-8-2-1-7(12(18)19)5-9(8)16/h1-2,5,10,16H,3-4,6H2,(H,15,17)(H,18,19). The van der Waals surface area contributed by atoms with Gasteiger partial charge in [0.2, 0.25) is 5.91 Å². The van der Waals surface area contributed by atoms with Crippen molar-refractivity contribution >= 4 is 17.6 Å². The highest BCUT2D eigenvalue weighted by atomic mass is 19.3. The number of ether oxygens (including phenoxy) is 1. The van der Waals surface area contributed by atoms with Crippen LogP contribution in [0.15, 0.2) is 18.2 Å². The first-order chi connectivity index (χ1) is 9.40. The summed E-state index contributed by atoms with van der Waals surface area (Å²) in [5, 5.41) is 20.5. The van der Waals surface area contributed by atoms with Crippen LogP contribution in [0, 0.1) is 0 Å². The second kappa shape index (κ2) is 7.39. The molecule has 0 fully saturated rings. The zero-order valence-electron chi connectivity index (χ0n) is 10.3. The number of aromatic hydroxyl groups is 1. The molecule has 20 heavy (non-hydrogen) atoms. The number of carboxylic acid groups (broad SMARTS) is 1. The predicted molar refractivity (Wildman–Crippen MR) is 65.1 cm³/mol. The molecule has 0 atom stereocenters. The van der Waals surface area contributed by atoms with E-state index < -0.39 is 30.7 Å². The Morgan fingerprint density at radius 3 is 2.60 bits per heavy atom. The van der Waals surface area contributed by atoms with Gasteiger partial charge in [-0.05, 0) is 18.2 Å². The largest absolute Gasteiger partial charge is 0.506 e. The number of alkyl halides is 2. The summed E-state index contributed by atoms with van der Waals surface area (Å²) < 4.78 is 28.0. The zero-order valence-corrected chi connectivity index (χ0v) is 10.3. The predicted octanol–water partition coefficient (Wildman–Crippen LogP) is 1.70. The monoisotopic (exact) mass is 289 g/mol. The lowest BCUT2D eigenvalue weighted by Crippen LogP contribution is -2.15. The molecular formula is C12H13F2NO5. The molecule has 1 rings (SSSR count). The Kier molecular flexibility index (Phi) is 5.85. The fourth-order valence-corrected chi connectivity index (χ4v) is 1.32. The van der Waals surface area contributed by atoms with Crippen molar-refractivity contribution in [3.8, 4) is 5.75 Å². The highest BCUT2D eigenvalue weighted by molar-refractivity contribution is 5.94. The quantitative estimate of drug-likeness (QED) is 0.524. The molecule has 1 aromatic rings. The van der Waals surface area contributed by atoms with Gasteiger partial charge in [-0.3, -0.25) is 4.79 Å². The number of carbonyl (C=O) groups excluding carboxylic acids is 1. The van der Waals surface area contributed by atoms with Crippen LogP contribution in [-0.4, -0.2) is 41.7 Å². The van der Waals surface area contributed by atoms with Gasteiger partial charge in [0.25, 0.3) is 6.43 Å². The molecule has 0 saturated heterocycles. The fourth-order valence-electron chi connectivity index (χ4n) is 1.32. The number of hydrogen-bond donors (Lipinski definition) is 3. The van der Waals surface area contributed by atoms with Crippen molar-refractivity contribution in [3.63, 3.8) is 0 Å². The van der Waals surface area contributed by atoms with Gasteiger partial charge >= 0.3 is 5.97 Å². The zero-order chi connectivity index (χ0) is 15.1. The molecule has 0 aromatic heterocycles. The van der Waals surface area contributed by atoms with Gasteiger partial charge in [0.15, 0.2) is 0 Å². The smallest absolute Gasteiger partial charge is 0.335 e. The van der Waals surface area contributed by atoms with Crippen molar-refractivity contribution in [1.82, 2.24) is 0 Å². The van der Waals surface area contributed by atoms with Crippen molar-refractivity contribution in [3.05, 3.63) is 23.8 Å². The van der Waals surface area contributed by atoms with Crippen LogP contribution in [0.3, 0.4) is 0 Å². The van der Waals surface area contributed by atoms with Crippen LogP contribution in [0.2, 0.25) is 0 Å². The molecule has 0 radical (unpaired) electrons. The van der Waals surface area contributed by atoms with Gasteiger partial charge < -0.3 is 20.3 Å². The number of carbonyl (C=O) groups is 2. The molecule has 0 aliphatic carbocycles. The number of amides is 1. The van der Waals surface area contributed by atoms with Crippen molar-refractivity contribution in [2.75, 3.05) is 18.5 Å². The summed E-state index contributed by atoms with van der Waals surface area (Å²) in [6.07, 6.45) is -2.75. The van der Waals surface area contributed by atoms with E-state index >= 15 is 0 Å². The normalized spacial score (nSPS) is 10.6. The Morgan fingerprint density at radius 2 is 2.05 bits per heavy atom. The SMILES string of the molecule is O=C(CCOCC(F)F)Nc1ccc(C(=O)O)cc1O. The summed E-state index contributed by atoms with van der Waals surface area (Å²) in [5.41, 5.74) is -0.0883. The van der Waals surface area contributed by atoms with E-state index in [0.717, 1.165) is 6.07 Å². The lowest BCUT2D eigenvalue weighted by atomic mass is 10.2. The summed E-state index contributed by atoms with van der Waals surface area (Å²) in [5.74, 6) is -2.15. The Hall–Kier alpha value is -2.22. The summed E-state index contributed by atoms with van der Waals surface area (Å²) in [6, 6.07) is 3.44. The molecule has 0 heterocycles. The van der Waals surface area contributed by atoms with Gasteiger partial charge in [-0.15, -0.1) is 0 Å². The number of benzene rings is 1. The molecule has 0 unspecified atom stereocenters. The Morgan fingerprint density at radius 1 is 1.35 bits per heavy atom. The van der Waals surface area contributed by atoms with E-state index in [2.05, 4.69) is 10.1 Å². The topological polar surface area (TPSA) is 95.9 Å². The summed E-state index contributed by atoms with van der Waals surface area (Å²) in [6.45, 7) is -0.921. The van der Waals surface area contributed by atoms with E-state index in [-0.39, 0.29) is 24.3 Å². The van der Waals surface area contributed by atoms with Crippen LogP contribution < -0.4 is 5.32 Å². The van der Waals surface area contributed by atoms with Gasteiger partial charge in [0.1, 0.15) is 12.4 Å². The van der Waals surface area contributed by atoms with E-state index in [9.17, 15) is 23.5 Å². The van der Waals surface area contributed by atoms with Gasteiger partial charge in [-0.1, -0.05) is 0 Å². The number of hydrogen-bond acceptors (Lipinski definition) is 4. The van der Waals surface area contributed by atoms with Crippen LogP contribution in [0.4, 0.5) is 14.5 Å². The molecule has 8 heteroatoms. The van der Waals surface area contributed by atoms with E-state index in [0.29, 0.717) is 0 Å². The van der Waals surface area contributed by atoms with Crippen molar-refractivity contribution in [1.29, 1.82) is 0 Å². The maximum absolute atomic E-state index is 11.8.